The van der Waals surface area contributed by atoms with Crippen LogP contribution in [-0.2, 0) is 13.1 Å². The molecule has 5 aromatic heterocycles. The van der Waals surface area contributed by atoms with Crippen molar-refractivity contribution in [2.24, 2.45) is 0 Å². The lowest BCUT2D eigenvalue weighted by atomic mass is 10.1. The van der Waals surface area contributed by atoms with Gasteiger partial charge in [0.15, 0.2) is 0 Å². The summed E-state index contributed by atoms with van der Waals surface area (Å²) in [6, 6.07) is 12.0. The summed E-state index contributed by atoms with van der Waals surface area (Å²) >= 11 is 0. The number of nitrogens with zero attached hydrogens (tertiary/aromatic N) is 6. The first-order chi connectivity index (χ1) is 15.3. The fourth-order valence-electron chi connectivity index (χ4n) is 4.08. The van der Waals surface area contributed by atoms with Gasteiger partial charge in [0.25, 0.3) is 0 Å². The van der Waals surface area contributed by atoms with E-state index >= 15 is 0 Å². The summed E-state index contributed by atoms with van der Waals surface area (Å²) in [6.07, 6.45) is 5.58. The molecule has 5 aromatic rings. The van der Waals surface area contributed by atoms with Gasteiger partial charge >= 0.3 is 0 Å². The minimum Gasteiger partial charge on any atom is -0.332 e. The van der Waals surface area contributed by atoms with E-state index in [0.29, 0.717) is 0 Å². The molecule has 1 aliphatic heterocycles. The standard InChI is InChI=1S/C23H20N8/c1-14-3-2-4-19(28-14)23-16(11-27-30-23)17-5-6-18-20(29-17)9-15(10-25-18)22-21-12-24-7-8-31(21)13-26-22/h2-6,9-11,13,24H,7-8,12H2,1H3,(H,27,30). The first-order valence-corrected chi connectivity index (χ1v) is 10.3. The predicted molar refractivity (Wildman–Crippen MR) is 118 cm³/mol. The highest BCUT2D eigenvalue weighted by Crippen LogP contribution is 2.30. The van der Waals surface area contributed by atoms with Gasteiger partial charge in [-0.1, -0.05) is 6.07 Å². The number of fused-ring (bicyclic) bond motifs is 2. The normalized spacial score (nSPS) is 13.5. The molecule has 0 fully saturated rings. The minimum absolute atomic E-state index is 0.808. The molecule has 0 atom stereocenters. The Kier molecular flexibility index (Phi) is 4.10. The van der Waals surface area contributed by atoms with E-state index in [4.69, 9.17) is 4.98 Å². The van der Waals surface area contributed by atoms with Crippen LogP contribution in [0.1, 0.15) is 11.4 Å². The largest absolute Gasteiger partial charge is 0.332 e. The van der Waals surface area contributed by atoms with Crippen LogP contribution in [0.3, 0.4) is 0 Å². The maximum atomic E-state index is 4.91. The Labute approximate surface area is 178 Å². The molecule has 6 rings (SSSR count). The second-order valence-corrected chi connectivity index (χ2v) is 7.69. The van der Waals surface area contributed by atoms with Crippen LogP contribution in [0.2, 0.25) is 0 Å². The lowest BCUT2D eigenvalue weighted by Crippen LogP contribution is -2.27. The van der Waals surface area contributed by atoms with Gasteiger partial charge in [-0.25, -0.2) is 9.97 Å². The van der Waals surface area contributed by atoms with Gasteiger partial charge in [0.1, 0.15) is 0 Å². The van der Waals surface area contributed by atoms with Crippen LogP contribution < -0.4 is 5.32 Å². The molecule has 0 saturated carbocycles. The summed E-state index contributed by atoms with van der Waals surface area (Å²) in [5.74, 6) is 0. The van der Waals surface area contributed by atoms with E-state index in [1.165, 1.54) is 5.69 Å². The molecule has 2 N–H and O–H groups in total. The van der Waals surface area contributed by atoms with E-state index in [0.717, 1.165) is 70.3 Å². The van der Waals surface area contributed by atoms with Crippen LogP contribution in [0, 0.1) is 6.92 Å². The molecule has 0 aliphatic carbocycles. The number of hydrogen-bond donors (Lipinski definition) is 2. The van der Waals surface area contributed by atoms with E-state index < -0.39 is 0 Å². The predicted octanol–water partition coefficient (Wildman–Crippen LogP) is 3.36. The Morgan fingerprint density at radius 2 is 1.94 bits per heavy atom. The number of pyridine rings is 3. The molecular formula is C23H20N8. The second kappa shape index (κ2) is 7.10. The van der Waals surface area contributed by atoms with Gasteiger partial charge in [0.05, 0.1) is 52.0 Å². The zero-order valence-corrected chi connectivity index (χ0v) is 17.0. The third kappa shape index (κ3) is 3.08. The van der Waals surface area contributed by atoms with Crippen molar-refractivity contribution in [3.63, 3.8) is 0 Å². The van der Waals surface area contributed by atoms with Crippen LogP contribution in [0.4, 0.5) is 0 Å². The number of rotatable bonds is 3. The Morgan fingerprint density at radius 3 is 2.87 bits per heavy atom. The van der Waals surface area contributed by atoms with Crippen molar-refractivity contribution in [2.75, 3.05) is 6.54 Å². The third-order valence-electron chi connectivity index (χ3n) is 5.64. The quantitative estimate of drug-likeness (QED) is 0.475. The Balaban J connectivity index is 1.44. The fourth-order valence-corrected chi connectivity index (χ4v) is 4.08. The summed E-state index contributed by atoms with van der Waals surface area (Å²) in [5, 5.41) is 10.7. The lowest BCUT2D eigenvalue weighted by molar-refractivity contribution is 0.517. The molecule has 0 unspecified atom stereocenters. The average Bonchev–Trinajstić information content (AvgIpc) is 3.46. The van der Waals surface area contributed by atoms with Gasteiger partial charge in [0.2, 0.25) is 0 Å². The fraction of sp³-hybridized carbons (Fsp3) is 0.174. The number of aryl methyl sites for hydroxylation is 1. The minimum atomic E-state index is 0.808. The molecule has 8 heteroatoms. The highest BCUT2D eigenvalue weighted by molar-refractivity contribution is 5.84. The average molecular weight is 408 g/mol. The third-order valence-corrected chi connectivity index (χ3v) is 5.64. The smallest absolute Gasteiger partial charge is 0.0956 e. The second-order valence-electron chi connectivity index (χ2n) is 7.69. The molecule has 0 radical (unpaired) electrons. The van der Waals surface area contributed by atoms with Crippen molar-refractivity contribution in [2.45, 2.75) is 20.0 Å². The number of nitrogens with one attached hydrogen (secondary N) is 2. The summed E-state index contributed by atoms with van der Waals surface area (Å²) in [4.78, 5) is 18.8. The molecule has 0 saturated heterocycles. The molecule has 152 valence electrons. The topological polar surface area (TPSA) is 97.2 Å². The summed E-state index contributed by atoms with van der Waals surface area (Å²) in [6.45, 7) is 4.68. The maximum Gasteiger partial charge on any atom is 0.0956 e. The Morgan fingerprint density at radius 1 is 0.968 bits per heavy atom. The number of aromatic amines is 1. The van der Waals surface area contributed by atoms with Crippen LogP contribution in [0.5, 0.6) is 0 Å². The molecule has 1 aliphatic rings. The van der Waals surface area contributed by atoms with E-state index in [-0.39, 0.29) is 0 Å². The molecule has 0 aromatic carbocycles. The molecule has 6 heterocycles. The van der Waals surface area contributed by atoms with E-state index in [1.54, 1.807) is 6.20 Å². The van der Waals surface area contributed by atoms with Gasteiger partial charge < -0.3 is 9.88 Å². The molecule has 0 spiro atoms. The van der Waals surface area contributed by atoms with Gasteiger partial charge in [-0.3, -0.25) is 15.1 Å². The molecular weight excluding hydrogens is 388 g/mol. The van der Waals surface area contributed by atoms with Crippen LogP contribution in [-0.4, -0.2) is 41.2 Å². The van der Waals surface area contributed by atoms with Crippen LogP contribution >= 0.6 is 0 Å². The Bertz CT molecular complexity index is 1410. The molecule has 0 bridgehead atoms. The van der Waals surface area contributed by atoms with Crippen molar-refractivity contribution < 1.29 is 0 Å². The molecule has 0 amide bonds. The van der Waals surface area contributed by atoms with Gasteiger partial charge in [-0.15, -0.1) is 0 Å². The first-order valence-electron chi connectivity index (χ1n) is 10.3. The van der Waals surface area contributed by atoms with Gasteiger partial charge in [-0.2, -0.15) is 5.10 Å². The summed E-state index contributed by atoms with van der Waals surface area (Å²) < 4.78 is 2.20. The van der Waals surface area contributed by atoms with E-state index in [1.807, 2.05) is 49.8 Å². The number of aromatic nitrogens is 7. The van der Waals surface area contributed by atoms with E-state index in [2.05, 4.69) is 41.1 Å². The summed E-state index contributed by atoms with van der Waals surface area (Å²) in [7, 11) is 0. The van der Waals surface area contributed by atoms with E-state index in [9.17, 15) is 0 Å². The SMILES string of the molecule is Cc1cccc(-c2[nH]ncc2-c2ccc3ncc(-c4ncn5c4CNCC5)cc3n2)n1. The number of H-pyrrole nitrogens is 1. The molecule has 31 heavy (non-hydrogen) atoms. The monoisotopic (exact) mass is 408 g/mol. The Hall–Kier alpha value is -3.91. The van der Waals surface area contributed by atoms with Crippen molar-refractivity contribution >= 4 is 11.0 Å². The lowest BCUT2D eigenvalue weighted by Gasteiger charge is -2.16. The van der Waals surface area contributed by atoms with Crippen molar-refractivity contribution in [1.29, 1.82) is 0 Å². The van der Waals surface area contributed by atoms with Crippen molar-refractivity contribution in [1.82, 2.24) is 40.0 Å². The van der Waals surface area contributed by atoms with Crippen LogP contribution in [0.25, 0.3) is 44.9 Å². The highest BCUT2D eigenvalue weighted by Gasteiger charge is 2.17. The van der Waals surface area contributed by atoms with Crippen molar-refractivity contribution in [3.05, 3.63) is 66.5 Å². The number of hydrogen-bond acceptors (Lipinski definition) is 6. The first kappa shape index (κ1) is 17.9. The molecule has 8 nitrogen and oxygen atoms in total. The van der Waals surface area contributed by atoms with Gasteiger partial charge in [-0.05, 0) is 37.3 Å². The zero-order valence-electron chi connectivity index (χ0n) is 17.0. The maximum absolute atomic E-state index is 4.91. The summed E-state index contributed by atoms with van der Waals surface area (Å²) in [5.41, 5.74) is 9.18. The highest BCUT2D eigenvalue weighted by atomic mass is 15.1. The zero-order chi connectivity index (χ0) is 20.8. The number of imidazole rings is 1. The van der Waals surface area contributed by atoms with Crippen molar-refractivity contribution in [3.8, 4) is 33.9 Å². The van der Waals surface area contributed by atoms with Gasteiger partial charge in [0, 0.05) is 42.7 Å². The van der Waals surface area contributed by atoms with Crippen LogP contribution in [0.15, 0.2) is 55.1 Å².